The molecule has 6 heteroatoms. The smallest absolute Gasteiger partial charge is 0.165 e. The van der Waals surface area contributed by atoms with Crippen molar-refractivity contribution in [1.82, 2.24) is 19.2 Å². The van der Waals surface area contributed by atoms with Crippen LogP contribution in [0.3, 0.4) is 0 Å². The lowest BCUT2D eigenvalue weighted by Crippen LogP contribution is -2.13. The van der Waals surface area contributed by atoms with Crippen LogP contribution in [0.1, 0.15) is 47.1 Å². The van der Waals surface area contributed by atoms with Gasteiger partial charge >= 0.3 is 0 Å². The number of benzene rings is 1. The molecule has 0 fully saturated rings. The van der Waals surface area contributed by atoms with Gasteiger partial charge in [0.05, 0.1) is 36.8 Å². The van der Waals surface area contributed by atoms with Crippen LogP contribution in [0, 0.1) is 34.6 Å². The summed E-state index contributed by atoms with van der Waals surface area (Å²) in [7, 11) is 1.70. The van der Waals surface area contributed by atoms with Crippen LogP contribution in [0.5, 0.6) is 0 Å². The summed E-state index contributed by atoms with van der Waals surface area (Å²) in [4.78, 5) is 5.08. The monoisotopic (exact) mass is 448 g/mol. The predicted octanol–water partition coefficient (Wildman–Crippen LogP) is 5.51. The molecule has 4 rings (SSSR count). The first-order chi connectivity index (χ1) is 15.9. The molecular formula is C27H36N4O2. The lowest BCUT2D eigenvalue weighted by molar-refractivity contribution is 0.0667. The van der Waals surface area contributed by atoms with Gasteiger partial charge in [-0.25, -0.2) is 4.98 Å². The van der Waals surface area contributed by atoms with E-state index in [1.807, 2.05) is 0 Å². The van der Waals surface area contributed by atoms with E-state index in [0.29, 0.717) is 19.8 Å². The summed E-state index contributed by atoms with van der Waals surface area (Å²) < 4.78 is 15.4. The number of aryl methyl sites for hydroxylation is 6. The predicted molar refractivity (Wildman–Crippen MR) is 134 cm³/mol. The van der Waals surface area contributed by atoms with Gasteiger partial charge in [0.2, 0.25) is 0 Å². The van der Waals surface area contributed by atoms with E-state index in [1.165, 1.54) is 27.9 Å². The van der Waals surface area contributed by atoms with Gasteiger partial charge in [-0.3, -0.25) is 0 Å². The van der Waals surface area contributed by atoms with Crippen LogP contribution >= 0.6 is 0 Å². The van der Waals surface area contributed by atoms with Crippen LogP contribution in [-0.2, 0) is 22.4 Å². The highest BCUT2D eigenvalue weighted by Gasteiger charge is 2.22. The molecule has 6 nitrogen and oxygen atoms in total. The lowest BCUT2D eigenvalue weighted by atomic mass is 9.94. The summed E-state index contributed by atoms with van der Waals surface area (Å²) in [5, 5.41) is 6.19. The van der Waals surface area contributed by atoms with E-state index in [1.54, 1.807) is 7.11 Å². The lowest BCUT2D eigenvalue weighted by Gasteiger charge is -2.13. The fourth-order valence-electron chi connectivity index (χ4n) is 5.05. The molecule has 4 aromatic rings. The van der Waals surface area contributed by atoms with Crippen LogP contribution in [-0.4, -0.2) is 46.1 Å². The number of hydrogen-bond donors (Lipinski definition) is 0. The average molecular weight is 449 g/mol. The van der Waals surface area contributed by atoms with E-state index in [2.05, 4.69) is 68.8 Å². The summed E-state index contributed by atoms with van der Waals surface area (Å²) in [5.74, 6) is 0. The van der Waals surface area contributed by atoms with Crippen LogP contribution in [0.2, 0.25) is 0 Å². The zero-order valence-corrected chi connectivity index (χ0v) is 21.1. The van der Waals surface area contributed by atoms with Crippen molar-refractivity contribution in [3.63, 3.8) is 0 Å². The highest BCUT2D eigenvalue weighted by atomic mass is 16.5. The molecule has 0 spiro atoms. The number of rotatable bonds is 9. The number of nitrogens with zero attached hydrogens (tertiary/aromatic N) is 4. The molecule has 0 saturated heterocycles. The molecule has 3 heterocycles. The summed E-state index contributed by atoms with van der Waals surface area (Å²) in [6, 6.07) is 6.78. The van der Waals surface area contributed by atoms with Crippen molar-refractivity contribution in [2.45, 2.75) is 60.9 Å². The molecular weight excluding hydrogens is 412 g/mol. The van der Waals surface area contributed by atoms with E-state index in [4.69, 9.17) is 19.6 Å². The van der Waals surface area contributed by atoms with E-state index < -0.39 is 0 Å². The highest BCUT2D eigenvalue weighted by Crippen LogP contribution is 2.35. The largest absolute Gasteiger partial charge is 0.382 e. The molecule has 0 aliphatic heterocycles. The van der Waals surface area contributed by atoms with E-state index >= 15 is 0 Å². The van der Waals surface area contributed by atoms with E-state index in [0.717, 1.165) is 53.0 Å². The SMILES string of the molecule is CCCc1cc2c(C)nc3c(-c4c(C)cc(C)cc4C)c(C)nn3c2n1CCOCCOC. The van der Waals surface area contributed by atoms with Crippen LogP contribution in [0.4, 0.5) is 0 Å². The Kier molecular flexibility index (Phi) is 6.86. The van der Waals surface area contributed by atoms with Gasteiger partial charge in [0, 0.05) is 24.7 Å². The second-order valence-electron chi connectivity index (χ2n) is 9.05. The van der Waals surface area contributed by atoms with E-state index in [9.17, 15) is 0 Å². The van der Waals surface area contributed by atoms with E-state index in [-0.39, 0.29) is 0 Å². The molecule has 176 valence electrons. The Morgan fingerprint density at radius 3 is 2.27 bits per heavy atom. The van der Waals surface area contributed by atoms with Crippen molar-refractivity contribution in [3.05, 3.63) is 52.0 Å². The first kappa shape index (κ1) is 23.5. The molecule has 3 aromatic heterocycles. The van der Waals surface area contributed by atoms with Gasteiger partial charge in [-0.15, -0.1) is 0 Å². The average Bonchev–Trinajstić information content (AvgIpc) is 3.26. The highest BCUT2D eigenvalue weighted by molar-refractivity contribution is 5.90. The Labute approximate surface area is 196 Å². The molecule has 0 unspecified atom stereocenters. The minimum absolute atomic E-state index is 0.603. The number of ether oxygens (including phenoxy) is 2. The molecule has 1 aromatic carbocycles. The normalized spacial score (nSPS) is 11.8. The Morgan fingerprint density at radius 2 is 1.61 bits per heavy atom. The maximum Gasteiger partial charge on any atom is 0.165 e. The minimum atomic E-state index is 0.603. The van der Waals surface area contributed by atoms with Crippen molar-refractivity contribution in [3.8, 4) is 11.1 Å². The Bertz CT molecular complexity index is 1280. The molecule has 33 heavy (non-hydrogen) atoms. The maximum absolute atomic E-state index is 5.82. The Morgan fingerprint density at radius 1 is 0.879 bits per heavy atom. The molecule has 0 aliphatic carbocycles. The zero-order chi connectivity index (χ0) is 23.7. The van der Waals surface area contributed by atoms with Gasteiger partial charge in [-0.05, 0) is 63.8 Å². The van der Waals surface area contributed by atoms with Gasteiger partial charge in [0.1, 0.15) is 5.65 Å². The van der Waals surface area contributed by atoms with Gasteiger partial charge in [-0.1, -0.05) is 31.0 Å². The molecule has 0 bridgehead atoms. The molecule has 0 amide bonds. The third-order valence-electron chi connectivity index (χ3n) is 6.38. The fraction of sp³-hybridized carbons (Fsp3) is 0.481. The number of aromatic nitrogens is 4. The van der Waals surface area contributed by atoms with Crippen molar-refractivity contribution in [2.75, 3.05) is 26.9 Å². The van der Waals surface area contributed by atoms with Crippen molar-refractivity contribution in [1.29, 1.82) is 0 Å². The van der Waals surface area contributed by atoms with Crippen LogP contribution in [0.15, 0.2) is 18.2 Å². The first-order valence-electron chi connectivity index (χ1n) is 11.9. The Balaban J connectivity index is 1.93. The first-order valence-corrected chi connectivity index (χ1v) is 11.9. The maximum atomic E-state index is 5.82. The van der Waals surface area contributed by atoms with Crippen LogP contribution in [0.25, 0.3) is 27.8 Å². The third kappa shape index (κ3) is 4.30. The Hall–Kier alpha value is -2.70. The minimum Gasteiger partial charge on any atom is -0.382 e. The second kappa shape index (κ2) is 9.65. The number of fused-ring (bicyclic) bond motifs is 3. The van der Waals surface area contributed by atoms with Gasteiger partial charge in [0.25, 0.3) is 0 Å². The van der Waals surface area contributed by atoms with Crippen molar-refractivity contribution >= 4 is 16.7 Å². The second-order valence-corrected chi connectivity index (χ2v) is 9.05. The number of methoxy groups -OCH3 is 1. The standard InChI is InChI=1S/C27H36N4O2/c1-8-9-22-16-23-20(5)28-26-25(24-18(3)14-17(2)15-19(24)4)21(6)29-31(26)27(23)30(22)10-11-33-13-12-32-7/h14-16H,8-13H2,1-7H3. The third-order valence-corrected chi connectivity index (χ3v) is 6.38. The van der Waals surface area contributed by atoms with Crippen LogP contribution < -0.4 is 0 Å². The molecule has 0 aliphatic rings. The molecule has 0 saturated carbocycles. The van der Waals surface area contributed by atoms with Gasteiger partial charge < -0.3 is 14.0 Å². The summed E-state index contributed by atoms with van der Waals surface area (Å²) in [5.41, 5.74) is 11.6. The van der Waals surface area contributed by atoms with Gasteiger partial charge in [0.15, 0.2) is 5.65 Å². The molecule has 0 N–H and O–H groups in total. The summed E-state index contributed by atoms with van der Waals surface area (Å²) in [6.07, 6.45) is 2.10. The summed E-state index contributed by atoms with van der Waals surface area (Å²) >= 11 is 0. The molecule has 0 radical (unpaired) electrons. The molecule has 0 atom stereocenters. The van der Waals surface area contributed by atoms with Gasteiger partial charge in [-0.2, -0.15) is 9.61 Å². The fourth-order valence-corrected chi connectivity index (χ4v) is 5.05. The number of hydrogen-bond acceptors (Lipinski definition) is 4. The summed E-state index contributed by atoms with van der Waals surface area (Å²) in [6.45, 7) is 15.6. The van der Waals surface area contributed by atoms with Crippen molar-refractivity contribution < 1.29 is 9.47 Å². The quantitative estimate of drug-likeness (QED) is 0.317. The zero-order valence-electron chi connectivity index (χ0n) is 21.1. The van der Waals surface area contributed by atoms with Crippen molar-refractivity contribution in [2.24, 2.45) is 0 Å². The topological polar surface area (TPSA) is 53.6 Å².